The minimum Gasteiger partial charge on any atom is -0.440 e. The Morgan fingerprint density at radius 2 is 1.56 bits per heavy atom. The third-order valence-corrected chi connectivity index (χ3v) is 6.91. The van der Waals surface area contributed by atoms with Gasteiger partial charge >= 0.3 is 0 Å². The van der Waals surface area contributed by atoms with Gasteiger partial charge in [0, 0.05) is 22.6 Å². The van der Waals surface area contributed by atoms with Gasteiger partial charge in [-0.25, -0.2) is 4.98 Å². The summed E-state index contributed by atoms with van der Waals surface area (Å²) in [5.41, 5.74) is 10.2. The maximum absolute atomic E-state index is 11.7. The van der Waals surface area contributed by atoms with Gasteiger partial charge in [-0.2, -0.15) is 0 Å². The molecule has 0 aliphatic heterocycles. The maximum Gasteiger partial charge on any atom is 0.248 e. The van der Waals surface area contributed by atoms with Gasteiger partial charge in [0.1, 0.15) is 5.69 Å². The molecule has 0 bridgehead atoms. The Kier molecular flexibility index (Phi) is 6.57. The molecule has 1 amide bonds. The Morgan fingerprint density at radius 3 is 2.29 bits per heavy atom. The molecule has 1 aliphatic carbocycles. The molecule has 1 saturated carbocycles. The van der Waals surface area contributed by atoms with Gasteiger partial charge in [-0.05, 0) is 42.9 Å². The predicted octanol–water partition coefficient (Wildman–Crippen LogP) is 7.01. The van der Waals surface area contributed by atoms with Gasteiger partial charge in [0.25, 0.3) is 0 Å². The first kappa shape index (κ1) is 22.1. The van der Waals surface area contributed by atoms with E-state index in [0.29, 0.717) is 11.5 Å². The van der Waals surface area contributed by atoms with Crippen LogP contribution in [0.2, 0.25) is 0 Å². The molecule has 0 spiro atoms. The second-order valence-corrected chi connectivity index (χ2v) is 9.24. The topological polar surface area (TPSA) is 69.1 Å². The molecule has 2 unspecified atom stereocenters. The molecule has 4 nitrogen and oxygen atoms in total. The largest absolute Gasteiger partial charge is 0.440 e. The Labute approximate surface area is 200 Å². The first-order valence-electron chi connectivity index (χ1n) is 12.2. The van der Waals surface area contributed by atoms with Gasteiger partial charge in [-0.1, -0.05) is 92.1 Å². The van der Waals surface area contributed by atoms with Crippen molar-refractivity contribution in [2.75, 3.05) is 0 Å². The van der Waals surface area contributed by atoms with Gasteiger partial charge in [-0.3, -0.25) is 4.79 Å². The monoisotopic (exact) mass is 450 g/mol. The Bertz CT molecular complexity index is 1190. The van der Waals surface area contributed by atoms with Crippen LogP contribution in [0, 0.1) is 5.92 Å². The highest BCUT2D eigenvalue weighted by molar-refractivity contribution is 5.92. The number of aromatic nitrogens is 1. The fraction of sp³-hybridized carbons (Fsp3) is 0.267. The molecule has 0 saturated heterocycles. The van der Waals surface area contributed by atoms with E-state index in [9.17, 15) is 4.79 Å². The number of hydrogen-bond acceptors (Lipinski definition) is 3. The molecule has 1 aromatic heterocycles. The average Bonchev–Trinajstić information content (AvgIpc) is 3.19. The summed E-state index contributed by atoms with van der Waals surface area (Å²) in [7, 11) is 0. The van der Waals surface area contributed by atoms with Crippen molar-refractivity contribution in [3.8, 4) is 22.6 Å². The van der Waals surface area contributed by atoms with E-state index in [0.717, 1.165) is 53.3 Å². The van der Waals surface area contributed by atoms with Crippen LogP contribution in [0.4, 0.5) is 0 Å². The van der Waals surface area contributed by atoms with Crippen LogP contribution >= 0.6 is 0 Å². The standard InChI is InChI=1S/C30H30N2O2/c31-29(33)25-17-10-11-21(20-25)19-24-16-8-3-9-18-26(24)30-32-27(22-12-4-1-5-13-22)28(34-30)23-14-6-2-7-15-23/h1-2,4-7,10-15,17,20,24,26H,3,8-9,16,18-19H2,(H2,31,33). The summed E-state index contributed by atoms with van der Waals surface area (Å²) < 4.78 is 6.59. The van der Waals surface area contributed by atoms with Crippen molar-refractivity contribution in [1.29, 1.82) is 0 Å². The van der Waals surface area contributed by atoms with E-state index in [1.54, 1.807) is 6.07 Å². The van der Waals surface area contributed by atoms with Crippen molar-refractivity contribution in [2.45, 2.75) is 44.4 Å². The quantitative estimate of drug-likeness (QED) is 0.321. The van der Waals surface area contributed by atoms with Gasteiger partial charge in [-0.15, -0.1) is 0 Å². The smallest absolute Gasteiger partial charge is 0.248 e. The normalized spacial score (nSPS) is 18.4. The summed E-state index contributed by atoms with van der Waals surface area (Å²) in [6.45, 7) is 0. The number of nitrogens with two attached hydrogens (primary N) is 1. The van der Waals surface area contributed by atoms with Gasteiger partial charge in [0.2, 0.25) is 5.91 Å². The second kappa shape index (κ2) is 10.1. The molecule has 34 heavy (non-hydrogen) atoms. The number of rotatable bonds is 6. The Hall–Kier alpha value is -3.66. The minimum atomic E-state index is -0.382. The van der Waals surface area contributed by atoms with Crippen LogP contribution < -0.4 is 5.73 Å². The van der Waals surface area contributed by atoms with Gasteiger partial charge in [0.15, 0.2) is 11.7 Å². The van der Waals surface area contributed by atoms with E-state index in [1.165, 1.54) is 19.3 Å². The molecule has 172 valence electrons. The minimum absolute atomic E-state index is 0.236. The third-order valence-electron chi connectivity index (χ3n) is 6.91. The molecule has 4 heteroatoms. The number of amides is 1. The molecule has 5 rings (SSSR count). The van der Waals surface area contributed by atoms with Crippen LogP contribution in [0.5, 0.6) is 0 Å². The number of carbonyl (C=O) groups is 1. The molecule has 3 aromatic carbocycles. The van der Waals surface area contributed by atoms with E-state index >= 15 is 0 Å². The number of hydrogen-bond donors (Lipinski definition) is 1. The highest BCUT2D eigenvalue weighted by atomic mass is 16.4. The molecule has 1 aliphatic rings. The first-order valence-corrected chi connectivity index (χ1v) is 12.2. The summed E-state index contributed by atoms with van der Waals surface area (Å²) in [5.74, 6) is 1.92. The summed E-state index contributed by atoms with van der Waals surface area (Å²) in [6, 6.07) is 28.3. The zero-order valence-electron chi connectivity index (χ0n) is 19.3. The molecule has 4 aromatic rings. The Morgan fingerprint density at radius 1 is 0.853 bits per heavy atom. The predicted molar refractivity (Wildman–Crippen MR) is 135 cm³/mol. The van der Waals surface area contributed by atoms with E-state index in [1.807, 2.05) is 48.5 Å². The Balaban J connectivity index is 1.53. The summed E-state index contributed by atoms with van der Waals surface area (Å²) >= 11 is 0. The fourth-order valence-electron chi connectivity index (χ4n) is 5.18. The summed E-state index contributed by atoms with van der Waals surface area (Å²) in [5, 5.41) is 0. The van der Waals surface area contributed by atoms with Crippen molar-refractivity contribution in [2.24, 2.45) is 11.7 Å². The first-order chi connectivity index (χ1) is 16.7. The molecule has 0 radical (unpaired) electrons. The van der Waals surface area contributed by atoms with Crippen LogP contribution in [-0.4, -0.2) is 10.9 Å². The van der Waals surface area contributed by atoms with Crippen molar-refractivity contribution < 1.29 is 9.21 Å². The number of primary amides is 1. The van der Waals surface area contributed by atoms with Gasteiger partial charge < -0.3 is 10.2 Å². The lowest BCUT2D eigenvalue weighted by atomic mass is 9.83. The van der Waals surface area contributed by atoms with E-state index in [2.05, 4.69) is 30.3 Å². The van der Waals surface area contributed by atoms with Crippen LogP contribution in [0.1, 0.15) is 59.8 Å². The lowest BCUT2D eigenvalue weighted by Crippen LogP contribution is -2.16. The van der Waals surface area contributed by atoms with Crippen molar-refractivity contribution in [3.05, 3.63) is 102 Å². The van der Waals surface area contributed by atoms with Crippen LogP contribution in [-0.2, 0) is 6.42 Å². The average molecular weight is 451 g/mol. The van der Waals surface area contributed by atoms with Gasteiger partial charge in [0.05, 0.1) is 0 Å². The highest BCUT2D eigenvalue weighted by Crippen LogP contribution is 2.42. The van der Waals surface area contributed by atoms with Crippen molar-refractivity contribution in [3.63, 3.8) is 0 Å². The molecule has 1 heterocycles. The SMILES string of the molecule is NC(=O)c1cccc(CC2CCCCCC2c2nc(-c3ccccc3)c(-c3ccccc3)o2)c1. The van der Waals surface area contributed by atoms with E-state index < -0.39 is 0 Å². The third kappa shape index (κ3) is 4.81. The maximum atomic E-state index is 11.7. The number of carbonyl (C=O) groups excluding carboxylic acids is 1. The highest BCUT2D eigenvalue weighted by Gasteiger charge is 2.31. The second-order valence-electron chi connectivity index (χ2n) is 9.24. The molecule has 1 fully saturated rings. The molecule has 2 atom stereocenters. The zero-order valence-corrected chi connectivity index (χ0v) is 19.3. The fourth-order valence-corrected chi connectivity index (χ4v) is 5.18. The summed E-state index contributed by atoms with van der Waals surface area (Å²) in [4.78, 5) is 16.8. The lowest BCUT2D eigenvalue weighted by molar-refractivity contribution is 0.1000. The van der Waals surface area contributed by atoms with E-state index in [4.69, 9.17) is 15.1 Å². The summed E-state index contributed by atoms with van der Waals surface area (Å²) in [6.07, 6.45) is 6.67. The number of nitrogens with zero attached hydrogens (tertiary/aromatic N) is 1. The molecule has 2 N–H and O–H groups in total. The zero-order chi connectivity index (χ0) is 23.3. The number of benzene rings is 3. The van der Waals surface area contributed by atoms with Crippen molar-refractivity contribution >= 4 is 5.91 Å². The lowest BCUT2D eigenvalue weighted by Gasteiger charge is -2.23. The van der Waals surface area contributed by atoms with Crippen LogP contribution in [0.3, 0.4) is 0 Å². The molecular formula is C30H30N2O2. The van der Waals surface area contributed by atoms with Crippen molar-refractivity contribution in [1.82, 2.24) is 4.98 Å². The number of oxazole rings is 1. The molecular weight excluding hydrogens is 420 g/mol. The van der Waals surface area contributed by atoms with E-state index in [-0.39, 0.29) is 11.8 Å². The van der Waals surface area contributed by atoms with Crippen LogP contribution in [0.25, 0.3) is 22.6 Å². The van der Waals surface area contributed by atoms with Crippen LogP contribution in [0.15, 0.2) is 89.3 Å².